The molecule has 1 fully saturated rings. The molecule has 1 N–H and O–H groups in total. The Morgan fingerprint density at radius 2 is 2.12 bits per heavy atom. The van der Waals surface area contributed by atoms with Crippen molar-refractivity contribution in [3.05, 3.63) is 0 Å². The van der Waals surface area contributed by atoms with Crippen LogP contribution in [0.3, 0.4) is 0 Å². The fraction of sp³-hybridized carbons (Fsp3) is 1.00. The molecule has 1 aliphatic rings. The maximum absolute atomic E-state index is 5.55. The van der Waals surface area contributed by atoms with Gasteiger partial charge in [0, 0.05) is 25.0 Å². The summed E-state index contributed by atoms with van der Waals surface area (Å²) in [5.41, 5.74) is 0. The van der Waals surface area contributed by atoms with Crippen LogP contribution < -0.4 is 5.32 Å². The molecule has 1 heterocycles. The number of nitrogens with one attached hydrogen (secondary N) is 1. The zero-order chi connectivity index (χ0) is 12.0. The van der Waals surface area contributed by atoms with Gasteiger partial charge in [0.25, 0.3) is 0 Å². The van der Waals surface area contributed by atoms with E-state index in [0.29, 0.717) is 12.0 Å². The van der Waals surface area contributed by atoms with Gasteiger partial charge in [-0.2, -0.15) is 0 Å². The highest BCUT2D eigenvalue weighted by Gasteiger charge is 2.28. The molecule has 96 valence electrons. The van der Waals surface area contributed by atoms with Gasteiger partial charge in [-0.3, -0.25) is 0 Å². The van der Waals surface area contributed by atoms with Gasteiger partial charge < -0.3 is 15.0 Å². The van der Waals surface area contributed by atoms with Gasteiger partial charge >= 0.3 is 0 Å². The lowest BCUT2D eigenvalue weighted by atomic mass is 10.0. The molecule has 0 aromatic carbocycles. The van der Waals surface area contributed by atoms with E-state index < -0.39 is 0 Å². The first-order valence-corrected chi connectivity index (χ1v) is 6.68. The van der Waals surface area contributed by atoms with Gasteiger partial charge in [0.15, 0.2) is 0 Å². The summed E-state index contributed by atoms with van der Waals surface area (Å²) in [6.45, 7) is 12.2. The molecule has 3 heteroatoms. The van der Waals surface area contributed by atoms with E-state index in [9.17, 15) is 0 Å². The Morgan fingerprint density at radius 3 is 2.69 bits per heavy atom. The number of rotatable bonds is 7. The van der Waals surface area contributed by atoms with Crippen LogP contribution in [0.2, 0.25) is 0 Å². The lowest BCUT2D eigenvalue weighted by Gasteiger charge is -2.28. The third-order valence-electron chi connectivity index (χ3n) is 3.78. The van der Waals surface area contributed by atoms with Crippen molar-refractivity contribution < 1.29 is 4.74 Å². The van der Waals surface area contributed by atoms with Crippen molar-refractivity contribution in [3.63, 3.8) is 0 Å². The number of ether oxygens (including phenoxy) is 1. The molecule has 0 aliphatic carbocycles. The van der Waals surface area contributed by atoms with Gasteiger partial charge in [0.05, 0.1) is 13.2 Å². The summed E-state index contributed by atoms with van der Waals surface area (Å²) in [5, 5.41) is 3.36. The van der Waals surface area contributed by atoms with Crippen LogP contribution in [0.4, 0.5) is 0 Å². The normalized spacial score (nSPS) is 27.6. The molecular formula is C13H28N2O. The van der Waals surface area contributed by atoms with E-state index >= 15 is 0 Å². The van der Waals surface area contributed by atoms with Crippen molar-refractivity contribution in [2.24, 2.45) is 11.8 Å². The van der Waals surface area contributed by atoms with E-state index in [1.807, 2.05) is 7.05 Å². The average molecular weight is 228 g/mol. The molecule has 3 nitrogen and oxygen atoms in total. The van der Waals surface area contributed by atoms with Crippen molar-refractivity contribution >= 4 is 0 Å². The minimum absolute atomic E-state index is 0.547. The molecule has 0 radical (unpaired) electrons. The van der Waals surface area contributed by atoms with E-state index in [4.69, 9.17) is 4.74 Å². The molecule has 0 amide bonds. The van der Waals surface area contributed by atoms with Crippen LogP contribution in [0.25, 0.3) is 0 Å². The van der Waals surface area contributed by atoms with Crippen molar-refractivity contribution in [1.29, 1.82) is 0 Å². The van der Waals surface area contributed by atoms with Gasteiger partial charge in [0.1, 0.15) is 0 Å². The third-order valence-corrected chi connectivity index (χ3v) is 3.78. The number of hydrogen-bond donors (Lipinski definition) is 1. The highest BCUT2D eigenvalue weighted by Crippen LogP contribution is 2.16. The molecule has 0 saturated carbocycles. The molecule has 16 heavy (non-hydrogen) atoms. The largest absolute Gasteiger partial charge is 0.379 e. The molecule has 0 bridgehead atoms. The van der Waals surface area contributed by atoms with Crippen LogP contribution >= 0.6 is 0 Å². The van der Waals surface area contributed by atoms with E-state index in [2.05, 4.69) is 31.0 Å². The van der Waals surface area contributed by atoms with Crippen LogP contribution in [0.5, 0.6) is 0 Å². The fourth-order valence-corrected chi connectivity index (χ4v) is 2.33. The molecule has 1 saturated heterocycles. The van der Waals surface area contributed by atoms with Gasteiger partial charge in [0.2, 0.25) is 0 Å². The van der Waals surface area contributed by atoms with E-state index in [-0.39, 0.29) is 0 Å². The lowest BCUT2D eigenvalue weighted by molar-refractivity contribution is 0.162. The van der Waals surface area contributed by atoms with Crippen LogP contribution in [-0.2, 0) is 4.74 Å². The van der Waals surface area contributed by atoms with Gasteiger partial charge in [-0.25, -0.2) is 0 Å². The Kier molecular flexibility index (Phi) is 6.32. The Bertz CT molecular complexity index is 187. The monoisotopic (exact) mass is 228 g/mol. The zero-order valence-electron chi connectivity index (χ0n) is 11.3. The predicted molar refractivity (Wildman–Crippen MR) is 68.7 cm³/mol. The van der Waals surface area contributed by atoms with Crippen LogP contribution in [0.1, 0.15) is 27.2 Å². The van der Waals surface area contributed by atoms with Crippen LogP contribution in [0, 0.1) is 11.8 Å². The van der Waals surface area contributed by atoms with Crippen molar-refractivity contribution in [1.82, 2.24) is 10.2 Å². The quantitative estimate of drug-likeness (QED) is 0.716. The van der Waals surface area contributed by atoms with E-state index in [1.54, 1.807) is 0 Å². The molecular weight excluding hydrogens is 200 g/mol. The summed E-state index contributed by atoms with van der Waals surface area (Å²) in [6.07, 6.45) is 1.27. The fourth-order valence-electron chi connectivity index (χ4n) is 2.33. The summed E-state index contributed by atoms with van der Waals surface area (Å²) >= 11 is 0. The van der Waals surface area contributed by atoms with E-state index in [0.717, 1.165) is 25.7 Å². The standard InChI is InChI=1S/C13H28N2O/c1-5-11(3)7-15(6-2)8-12-9-16-10-13(12)14-4/h11-14H,5-10H2,1-4H3. The van der Waals surface area contributed by atoms with Crippen molar-refractivity contribution in [2.75, 3.05) is 39.9 Å². The maximum Gasteiger partial charge on any atom is 0.0623 e. The molecule has 1 rings (SSSR count). The SMILES string of the molecule is CCC(C)CN(CC)CC1COCC1NC. The number of likely N-dealkylation sites (N-methyl/N-ethyl adjacent to an activating group) is 1. The minimum atomic E-state index is 0.547. The zero-order valence-corrected chi connectivity index (χ0v) is 11.3. The van der Waals surface area contributed by atoms with Gasteiger partial charge in [-0.15, -0.1) is 0 Å². The summed E-state index contributed by atoms with van der Waals surface area (Å²) < 4.78 is 5.55. The van der Waals surface area contributed by atoms with Crippen LogP contribution in [0.15, 0.2) is 0 Å². The summed E-state index contributed by atoms with van der Waals surface area (Å²) in [7, 11) is 2.04. The molecule has 3 unspecified atom stereocenters. The Labute approximate surface area is 101 Å². The molecule has 1 aliphatic heterocycles. The second kappa shape index (κ2) is 7.25. The third kappa shape index (κ3) is 4.04. The first-order chi connectivity index (χ1) is 7.71. The number of hydrogen-bond acceptors (Lipinski definition) is 3. The minimum Gasteiger partial charge on any atom is -0.379 e. The summed E-state index contributed by atoms with van der Waals surface area (Å²) in [6, 6.07) is 0.547. The topological polar surface area (TPSA) is 24.5 Å². The molecule has 3 atom stereocenters. The van der Waals surface area contributed by atoms with E-state index in [1.165, 1.54) is 19.5 Å². The molecule has 0 aromatic heterocycles. The summed E-state index contributed by atoms with van der Waals surface area (Å²) in [4.78, 5) is 2.57. The van der Waals surface area contributed by atoms with Gasteiger partial charge in [-0.1, -0.05) is 27.2 Å². The second-order valence-corrected chi connectivity index (χ2v) is 5.06. The van der Waals surface area contributed by atoms with Crippen LogP contribution in [-0.4, -0.2) is 50.8 Å². The molecule has 0 spiro atoms. The Balaban J connectivity index is 2.37. The average Bonchev–Trinajstić information content (AvgIpc) is 2.75. The highest BCUT2D eigenvalue weighted by molar-refractivity contribution is 4.82. The Morgan fingerprint density at radius 1 is 1.38 bits per heavy atom. The smallest absolute Gasteiger partial charge is 0.0623 e. The highest BCUT2D eigenvalue weighted by atomic mass is 16.5. The summed E-state index contributed by atoms with van der Waals surface area (Å²) in [5.74, 6) is 1.46. The predicted octanol–water partition coefficient (Wildman–Crippen LogP) is 1.59. The second-order valence-electron chi connectivity index (χ2n) is 5.06. The first kappa shape index (κ1) is 13.9. The van der Waals surface area contributed by atoms with Gasteiger partial charge in [-0.05, 0) is 19.5 Å². The molecule has 0 aromatic rings. The Hall–Kier alpha value is -0.120. The lowest BCUT2D eigenvalue weighted by Crippen LogP contribution is -2.41. The maximum atomic E-state index is 5.55. The van der Waals surface area contributed by atoms with Crippen molar-refractivity contribution in [2.45, 2.75) is 33.2 Å². The van der Waals surface area contributed by atoms with Crippen molar-refractivity contribution in [3.8, 4) is 0 Å². The first-order valence-electron chi connectivity index (χ1n) is 6.68. The number of nitrogens with zero attached hydrogens (tertiary/aromatic N) is 1.